The summed E-state index contributed by atoms with van der Waals surface area (Å²) in [6, 6.07) is 5.22. The second kappa shape index (κ2) is 5.99. The first-order valence-electron chi connectivity index (χ1n) is 4.52. The van der Waals surface area contributed by atoms with Gasteiger partial charge in [-0.15, -0.1) is 0 Å². The molecule has 0 saturated heterocycles. The second-order valence-corrected chi connectivity index (χ2v) is 2.56. The zero-order chi connectivity index (χ0) is 11.1. The van der Waals surface area contributed by atoms with Gasteiger partial charge in [0.1, 0.15) is 0 Å². The van der Waals surface area contributed by atoms with E-state index in [9.17, 15) is 4.79 Å². The van der Waals surface area contributed by atoms with E-state index in [2.05, 4.69) is 5.43 Å². The van der Waals surface area contributed by atoms with Gasteiger partial charge in [0.15, 0.2) is 0 Å². The number of hydrogen-bond donors (Lipinski definition) is 3. The number of rotatable bonds is 2. The van der Waals surface area contributed by atoms with Crippen LogP contribution in [0.5, 0.6) is 0 Å². The molecule has 78 valence electrons. The highest BCUT2D eigenvalue weighted by molar-refractivity contribution is 5.98. The molecule has 1 amide bonds. The molecule has 0 atom stereocenters. The molecule has 0 saturated carbocycles. The van der Waals surface area contributed by atoms with Gasteiger partial charge >= 0.3 is 0 Å². The van der Waals surface area contributed by atoms with Crippen molar-refractivity contribution in [1.82, 2.24) is 0 Å². The van der Waals surface area contributed by atoms with Crippen LogP contribution in [0.1, 0.15) is 29.8 Å². The predicted octanol–water partition coefficient (Wildman–Crippen LogP) is 1.41. The fourth-order valence-corrected chi connectivity index (χ4v) is 0.992. The largest absolute Gasteiger partial charge is 0.366 e. The number of nitrogens with one attached hydrogen (secondary N) is 1. The lowest BCUT2D eigenvalue weighted by molar-refractivity contribution is 0.100. The molecule has 0 aliphatic rings. The third kappa shape index (κ3) is 3.06. The highest BCUT2D eigenvalue weighted by Gasteiger charge is 2.05. The number of aryl methyl sites for hydroxylation is 1. The van der Waals surface area contributed by atoms with Crippen LogP contribution in [0.2, 0.25) is 0 Å². The van der Waals surface area contributed by atoms with Gasteiger partial charge in [-0.05, 0) is 24.6 Å². The Bertz CT molecular complexity index is 310. The van der Waals surface area contributed by atoms with Crippen molar-refractivity contribution in [3.05, 3.63) is 29.3 Å². The van der Waals surface area contributed by atoms with E-state index >= 15 is 0 Å². The molecule has 0 heterocycles. The van der Waals surface area contributed by atoms with Gasteiger partial charge in [-0.1, -0.05) is 19.9 Å². The maximum Gasteiger partial charge on any atom is 0.250 e. The van der Waals surface area contributed by atoms with Crippen molar-refractivity contribution < 1.29 is 4.79 Å². The monoisotopic (exact) mass is 195 g/mol. The van der Waals surface area contributed by atoms with Gasteiger partial charge in [0.05, 0.1) is 11.3 Å². The lowest BCUT2D eigenvalue weighted by Gasteiger charge is -2.05. The van der Waals surface area contributed by atoms with Crippen LogP contribution in [0, 0.1) is 6.92 Å². The Labute approximate surface area is 84.3 Å². The first-order valence-corrected chi connectivity index (χ1v) is 4.52. The first kappa shape index (κ1) is 12.4. The predicted molar refractivity (Wildman–Crippen MR) is 58.9 cm³/mol. The SMILES string of the molecule is CC.Cc1ccc(C(N)=O)c(NN)c1. The van der Waals surface area contributed by atoms with Gasteiger partial charge in [0.2, 0.25) is 0 Å². The van der Waals surface area contributed by atoms with E-state index in [4.69, 9.17) is 11.6 Å². The van der Waals surface area contributed by atoms with Gasteiger partial charge < -0.3 is 11.2 Å². The van der Waals surface area contributed by atoms with Crippen LogP contribution in [-0.2, 0) is 0 Å². The Morgan fingerprint density at radius 1 is 1.36 bits per heavy atom. The molecule has 5 N–H and O–H groups in total. The number of hydrogen-bond acceptors (Lipinski definition) is 3. The summed E-state index contributed by atoms with van der Waals surface area (Å²) in [7, 11) is 0. The Morgan fingerprint density at radius 2 is 1.93 bits per heavy atom. The molecule has 0 radical (unpaired) electrons. The molecule has 4 heteroatoms. The Kier molecular flexibility index (Phi) is 5.33. The lowest BCUT2D eigenvalue weighted by Crippen LogP contribution is -2.17. The highest BCUT2D eigenvalue weighted by Crippen LogP contribution is 2.15. The zero-order valence-corrected chi connectivity index (χ0v) is 8.79. The maximum absolute atomic E-state index is 10.8. The molecule has 0 aromatic heterocycles. The van der Waals surface area contributed by atoms with Crippen LogP contribution in [0.4, 0.5) is 5.69 Å². The summed E-state index contributed by atoms with van der Waals surface area (Å²) < 4.78 is 0. The molecule has 0 fully saturated rings. The second-order valence-electron chi connectivity index (χ2n) is 2.56. The van der Waals surface area contributed by atoms with E-state index in [0.717, 1.165) is 5.56 Å². The molecule has 0 aliphatic carbocycles. The molecule has 14 heavy (non-hydrogen) atoms. The van der Waals surface area contributed by atoms with Crippen LogP contribution in [0.15, 0.2) is 18.2 Å². The maximum atomic E-state index is 10.8. The average molecular weight is 195 g/mol. The minimum absolute atomic E-state index is 0.406. The number of carbonyl (C=O) groups excluding carboxylic acids is 1. The van der Waals surface area contributed by atoms with Gasteiger partial charge in [-0.25, -0.2) is 0 Å². The quantitative estimate of drug-likeness (QED) is 0.493. The average Bonchev–Trinajstić information content (AvgIpc) is 2.20. The molecule has 0 aliphatic heterocycles. The smallest absolute Gasteiger partial charge is 0.250 e. The summed E-state index contributed by atoms with van der Waals surface area (Å²) in [5.41, 5.74) is 9.51. The number of benzene rings is 1. The third-order valence-electron chi connectivity index (χ3n) is 1.60. The van der Waals surface area contributed by atoms with Crippen LogP contribution in [-0.4, -0.2) is 5.91 Å². The highest BCUT2D eigenvalue weighted by atomic mass is 16.1. The first-order chi connectivity index (χ1) is 6.65. The lowest BCUT2D eigenvalue weighted by atomic mass is 10.1. The molecule has 1 aromatic carbocycles. The number of nitrogens with two attached hydrogens (primary N) is 2. The molecule has 0 spiro atoms. The van der Waals surface area contributed by atoms with Crippen molar-refractivity contribution in [2.75, 3.05) is 5.43 Å². The van der Waals surface area contributed by atoms with Gasteiger partial charge in [-0.2, -0.15) is 0 Å². The summed E-state index contributed by atoms with van der Waals surface area (Å²) in [6.07, 6.45) is 0. The summed E-state index contributed by atoms with van der Waals surface area (Å²) >= 11 is 0. The minimum Gasteiger partial charge on any atom is -0.366 e. The molecular weight excluding hydrogens is 178 g/mol. The van der Waals surface area contributed by atoms with Crippen LogP contribution < -0.4 is 17.0 Å². The Balaban J connectivity index is 0.000000791. The summed E-state index contributed by atoms with van der Waals surface area (Å²) in [5.74, 6) is 4.72. The van der Waals surface area contributed by atoms with E-state index in [1.54, 1.807) is 18.2 Å². The van der Waals surface area contributed by atoms with Crippen LogP contribution in [0.25, 0.3) is 0 Å². The number of carbonyl (C=O) groups is 1. The normalized spacial score (nSPS) is 8.57. The summed E-state index contributed by atoms with van der Waals surface area (Å²) in [5, 5.41) is 0. The number of primary amides is 1. The van der Waals surface area contributed by atoms with Crippen molar-refractivity contribution in [2.45, 2.75) is 20.8 Å². The van der Waals surface area contributed by atoms with Crippen LogP contribution in [0.3, 0.4) is 0 Å². The zero-order valence-electron chi connectivity index (χ0n) is 8.79. The third-order valence-corrected chi connectivity index (χ3v) is 1.60. The van der Waals surface area contributed by atoms with Crippen molar-refractivity contribution in [1.29, 1.82) is 0 Å². The minimum atomic E-state index is -0.483. The van der Waals surface area contributed by atoms with Crippen molar-refractivity contribution >= 4 is 11.6 Å². The van der Waals surface area contributed by atoms with E-state index in [1.165, 1.54) is 0 Å². The van der Waals surface area contributed by atoms with Crippen molar-refractivity contribution in [3.63, 3.8) is 0 Å². The Morgan fingerprint density at radius 3 is 2.36 bits per heavy atom. The molecule has 0 unspecified atom stereocenters. The Hall–Kier alpha value is -1.55. The molecule has 1 aromatic rings. The van der Waals surface area contributed by atoms with Crippen LogP contribution >= 0.6 is 0 Å². The number of amides is 1. The van der Waals surface area contributed by atoms with Crippen molar-refractivity contribution in [2.24, 2.45) is 11.6 Å². The number of hydrazine groups is 1. The topological polar surface area (TPSA) is 81.1 Å². The standard InChI is InChI=1S/C8H11N3O.C2H6/c1-5-2-3-6(8(9)12)7(4-5)11-10;1-2/h2-4,11H,10H2,1H3,(H2,9,12);1-2H3. The van der Waals surface area contributed by atoms with E-state index in [-0.39, 0.29) is 0 Å². The molecular formula is C10H17N3O. The number of nitrogen functional groups attached to an aromatic ring is 1. The molecule has 0 bridgehead atoms. The van der Waals surface area contributed by atoms with E-state index in [1.807, 2.05) is 20.8 Å². The number of anilines is 1. The van der Waals surface area contributed by atoms with E-state index < -0.39 is 5.91 Å². The molecule has 4 nitrogen and oxygen atoms in total. The molecule has 1 rings (SSSR count). The van der Waals surface area contributed by atoms with Gasteiger partial charge in [0, 0.05) is 0 Å². The summed E-state index contributed by atoms with van der Waals surface area (Å²) in [6.45, 7) is 5.91. The van der Waals surface area contributed by atoms with Crippen molar-refractivity contribution in [3.8, 4) is 0 Å². The van der Waals surface area contributed by atoms with Gasteiger partial charge in [0.25, 0.3) is 5.91 Å². The fraction of sp³-hybridized carbons (Fsp3) is 0.300. The van der Waals surface area contributed by atoms with Gasteiger partial charge in [-0.3, -0.25) is 10.6 Å². The fourth-order valence-electron chi connectivity index (χ4n) is 0.992. The summed E-state index contributed by atoms with van der Waals surface area (Å²) in [4.78, 5) is 10.8. The van der Waals surface area contributed by atoms with E-state index in [0.29, 0.717) is 11.3 Å².